The van der Waals surface area contributed by atoms with E-state index in [2.05, 4.69) is 0 Å². The van der Waals surface area contributed by atoms with E-state index in [0.29, 0.717) is 0 Å². The molecule has 2 aromatic carbocycles. The summed E-state index contributed by atoms with van der Waals surface area (Å²) in [5.41, 5.74) is 1.69. The van der Waals surface area contributed by atoms with Crippen LogP contribution in [0.1, 0.15) is 17.5 Å². The highest BCUT2D eigenvalue weighted by molar-refractivity contribution is 7.86. The molecule has 9 heteroatoms. The molecule has 0 spiro atoms. The Hall–Kier alpha value is -2.42. The lowest BCUT2D eigenvalue weighted by Gasteiger charge is -2.20. The molecule has 0 N–H and O–H groups in total. The van der Waals surface area contributed by atoms with Crippen molar-refractivity contribution in [2.75, 3.05) is 6.54 Å². The summed E-state index contributed by atoms with van der Waals surface area (Å²) in [7, 11) is -4.05. The number of hydrogen-bond acceptors (Lipinski definition) is 6. The number of ether oxygens (including phenoxy) is 1. The Labute approximate surface area is 174 Å². The third-order valence-electron chi connectivity index (χ3n) is 4.54. The van der Waals surface area contributed by atoms with E-state index in [1.54, 1.807) is 24.3 Å². The van der Waals surface area contributed by atoms with E-state index >= 15 is 0 Å². The molecule has 2 atom stereocenters. The van der Waals surface area contributed by atoms with Gasteiger partial charge in [0, 0.05) is 6.42 Å². The zero-order valence-electron chi connectivity index (χ0n) is 15.7. The van der Waals surface area contributed by atoms with Crippen LogP contribution < -0.4 is 0 Å². The second-order valence-electron chi connectivity index (χ2n) is 6.73. The van der Waals surface area contributed by atoms with Gasteiger partial charge in [0.2, 0.25) is 5.24 Å². The normalized spacial score (nSPS) is 19.2. The van der Waals surface area contributed by atoms with Gasteiger partial charge in [-0.3, -0.25) is 13.9 Å². The number of benzene rings is 2. The summed E-state index contributed by atoms with van der Waals surface area (Å²) < 4.78 is 35.5. The standard InChI is InChI=1S/C20H20ClNO6S/c1-14-7-9-17(10-8-14)29(25,26)28-16-11-18(19(21)23)22(12-16)20(24)27-13-15-5-3-2-4-6-15/h2-10,16,18H,11-13H2,1H3/t16-,18+/m1/s1. The predicted octanol–water partition coefficient (Wildman–Crippen LogP) is 3.25. The van der Waals surface area contributed by atoms with Crippen LogP contribution >= 0.6 is 11.6 Å². The Bertz CT molecular complexity index is 978. The SMILES string of the molecule is Cc1ccc(S(=O)(=O)O[C@@H]2C[C@@H](C(=O)Cl)N(C(=O)OCc3ccccc3)C2)cc1. The quantitative estimate of drug-likeness (QED) is 0.509. The first kappa shape index (κ1) is 21.3. The van der Waals surface area contributed by atoms with Crippen LogP contribution in [-0.4, -0.2) is 43.3 Å². The van der Waals surface area contributed by atoms with Gasteiger partial charge in [-0.2, -0.15) is 8.42 Å². The highest BCUT2D eigenvalue weighted by Gasteiger charge is 2.42. The fraction of sp³-hybridized carbons (Fsp3) is 0.300. The van der Waals surface area contributed by atoms with Crippen molar-refractivity contribution in [2.24, 2.45) is 0 Å². The van der Waals surface area contributed by atoms with Crippen LogP contribution in [0.4, 0.5) is 4.79 Å². The van der Waals surface area contributed by atoms with Gasteiger partial charge in [-0.25, -0.2) is 4.79 Å². The average Bonchev–Trinajstić information content (AvgIpc) is 3.11. The first-order valence-electron chi connectivity index (χ1n) is 8.93. The predicted molar refractivity (Wildman–Crippen MR) is 106 cm³/mol. The van der Waals surface area contributed by atoms with Gasteiger partial charge in [-0.1, -0.05) is 48.0 Å². The highest BCUT2D eigenvalue weighted by Crippen LogP contribution is 2.27. The Morgan fingerprint density at radius 3 is 2.38 bits per heavy atom. The Morgan fingerprint density at radius 2 is 1.76 bits per heavy atom. The number of amides is 1. The summed E-state index contributed by atoms with van der Waals surface area (Å²) in [5.74, 6) is 0. The third kappa shape index (κ3) is 5.35. The second-order valence-corrected chi connectivity index (χ2v) is 8.68. The molecule has 0 bridgehead atoms. The molecule has 1 aliphatic heterocycles. The molecule has 0 aromatic heterocycles. The van der Waals surface area contributed by atoms with Gasteiger partial charge in [0.05, 0.1) is 17.5 Å². The maximum Gasteiger partial charge on any atom is 0.410 e. The zero-order valence-corrected chi connectivity index (χ0v) is 17.2. The number of aryl methyl sites for hydroxylation is 1. The Balaban J connectivity index is 1.67. The molecule has 1 amide bonds. The minimum Gasteiger partial charge on any atom is -0.445 e. The molecule has 3 rings (SSSR count). The molecule has 1 fully saturated rings. The zero-order chi connectivity index (χ0) is 21.0. The van der Waals surface area contributed by atoms with Crippen molar-refractivity contribution in [3.05, 3.63) is 65.7 Å². The van der Waals surface area contributed by atoms with Crippen molar-refractivity contribution in [3.63, 3.8) is 0 Å². The minimum absolute atomic E-state index is 0.00181. The van der Waals surface area contributed by atoms with Crippen LogP contribution in [0.5, 0.6) is 0 Å². The number of likely N-dealkylation sites (tertiary alicyclic amines) is 1. The molecule has 0 saturated carbocycles. The van der Waals surface area contributed by atoms with E-state index in [1.165, 1.54) is 12.1 Å². The fourth-order valence-corrected chi connectivity index (χ4v) is 4.31. The van der Waals surface area contributed by atoms with Crippen LogP contribution in [0.25, 0.3) is 0 Å². The summed E-state index contributed by atoms with van der Waals surface area (Å²) in [6.07, 6.45) is -1.70. The molecule has 29 heavy (non-hydrogen) atoms. The number of nitrogens with zero attached hydrogens (tertiary/aromatic N) is 1. The summed E-state index contributed by atoms with van der Waals surface area (Å²) in [5, 5.41) is -0.777. The van der Waals surface area contributed by atoms with Crippen LogP contribution in [0, 0.1) is 6.92 Å². The van der Waals surface area contributed by atoms with Crippen molar-refractivity contribution < 1.29 is 26.9 Å². The number of carbonyl (C=O) groups is 2. The van der Waals surface area contributed by atoms with Gasteiger partial charge in [0.15, 0.2) is 0 Å². The van der Waals surface area contributed by atoms with Crippen molar-refractivity contribution in [1.29, 1.82) is 0 Å². The monoisotopic (exact) mass is 437 g/mol. The van der Waals surface area contributed by atoms with E-state index in [9.17, 15) is 18.0 Å². The molecule has 154 valence electrons. The minimum atomic E-state index is -4.05. The van der Waals surface area contributed by atoms with Gasteiger partial charge in [-0.15, -0.1) is 0 Å². The summed E-state index contributed by atoms with van der Waals surface area (Å²) in [6.45, 7) is 1.73. The smallest absolute Gasteiger partial charge is 0.410 e. The van der Waals surface area contributed by atoms with Crippen molar-refractivity contribution in [2.45, 2.75) is 37.0 Å². The van der Waals surface area contributed by atoms with Gasteiger partial charge in [0.25, 0.3) is 10.1 Å². The number of rotatable bonds is 6. The van der Waals surface area contributed by atoms with E-state index < -0.39 is 33.6 Å². The summed E-state index contributed by atoms with van der Waals surface area (Å²) >= 11 is 5.62. The number of hydrogen-bond donors (Lipinski definition) is 0. The number of halogens is 1. The molecule has 0 unspecified atom stereocenters. The number of carbonyl (C=O) groups excluding carboxylic acids is 2. The largest absolute Gasteiger partial charge is 0.445 e. The lowest BCUT2D eigenvalue weighted by molar-refractivity contribution is -0.115. The summed E-state index contributed by atoms with van der Waals surface area (Å²) in [4.78, 5) is 25.3. The molecule has 0 radical (unpaired) electrons. The molecule has 0 aliphatic carbocycles. The lowest BCUT2D eigenvalue weighted by Crippen LogP contribution is -2.39. The van der Waals surface area contributed by atoms with Gasteiger partial charge in [0.1, 0.15) is 12.6 Å². The third-order valence-corrected chi connectivity index (χ3v) is 6.16. The van der Waals surface area contributed by atoms with Crippen molar-refractivity contribution in [3.8, 4) is 0 Å². The maximum atomic E-state index is 12.5. The van der Waals surface area contributed by atoms with E-state index in [0.717, 1.165) is 16.0 Å². The average molecular weight is 438 g/mol. The molecule has 2 aromatic rings. The van der Waals surface area contributed by atoms with E-state index in [4.69, 9.17) is 20.5 Å². The first-order chi connectivity index (χ1) is 13.8. The van der Waals surface area contributed by atoms with Crippen LogP contribution in [-0.2, 0) is 30.4 Å². The van der Waals surface area contributed by atoms with Gasteiger partial charge >= 0.3 is 6.09 Å². The van der Waals surface area contributed by atoms with Crippen molar-refractivity contribution >= 4 is 33.1 Å². The molecule has 1 heterocycles. The molecule has 7 nitrogen and oxygen atoms in total. The Morgan fingerprint density at radius 1 is 1.10 bits per heavy atom. The second kappa shape index (κ2) is 8.94. The van der Waals surface area contributed by atoms with E-state index in [-0.39, 0.29) is 24.5 Å². The van der Waals surface area contributed by atoms with Gasteiger partial charge < -0.3 is 4.74 Å². The van der Waals surface area contributed by atoms with Crippen LogP contribution in [0.3, 0.4) is 0 Å². The Kier molecular flexibility index (Phi) is 6.56. The highest BCUT2D eigenvalue weighted by atomic mass is 35.5. The molecule has 1 aliphatic rings. The van der Waals surface area contributed by atoms with E-state index in [1.807, 2.05) is 25.1 Å². The van der Waals surface area contributed by atoms with Crippen molar-refractivity contribution in [1.82, 2.24) is 4.90 Å². The van der Waals surface area contributed by atoms with Gasteiger partial charge in [-0.05, 0) is 36.2 Å². The molecular weight excluding hydrogens is 418 g/mol. The lowest BCUT2D eigenvalue weighted by atomic mass is 10.2. The summed E-state index contributed by atoms with van der Waals surface area (Å²) in [6, 6.07) is 14.2. The molecular formula is C20H20ClNO6S. The van der Waals surface area contributed by atoms with Crippen LogP contribution in [0.15, 0.2) is 59.5 Å². The maximum absolute atomic E-state index is 12.5. The topological polar surface area (TPSA) is 90.0 Å². The van der Waals surface area contributed by atoms with Crippen LogP contribution in [0.2, 0.25) is 0 Å². The first-order valence-corrected chi connectivity index (χ1v) is 10.7. The molecule has 1 saturated heterocycles. The fourth-order valence-electron chi connectivity index (χ4n) is 3.03.